The molecule has 1 amide bonds. The van der Waals surface area contributed by atoms with Crippen LogP contribution in [0.1, 0.15) is 10.4 Å². The smallest absolute Gasteiger partial charge is 0.258 e. The van der Waals surface area contributed by atoms with Crippen LogP contribution >= 0.6 is 0 Å². The number of aromatic nitrogens is 2. The Morgan fingerprint density at radius 3 is 2.50 bits per heavy atom. The van der Waals surface area contributed by atoms with Crippen molar-refractivity contribution < 1.29 is 9.53 Å². The van der Waals surface area contributed by atoms with Gasteiger partial charge in [-0.2, -0.15) is 0 Å². The van der Waals surface area contributed by atoms with Gasteiger partial charge in [-0.15, -0.1) is 0 Å². The van der Waals surface area contributed by atoms with E-state index in [9.17, 15) is 9.59 Å². The van der Waals surface area contributed by atoms with E-state index in [4.69, 9.17) is 4.74 Å². The average Bonchev–Trinajstić information content (AvgIpc) is 2.68. The van der Waals surface area contributed by atoms with Crippen molar-refractivity contribution in [3.8, 4) is 5.75 Å². The number of rotatable bonds is 3. The first kappa shape index (κ1) is 15.8. The van der Waals surface area contributed by atoms with E-state index in [1.165, 1.54) is 7.11 Å². The summed E-state index contributed by atoms with van der Waals surface area (Å²) in [7, 11) is 1.54. The number of aromatic amines is 1. The molecule has 0 saturated carbocycles. The highest BCUT2D eigenvalue weighted by Gasteiger charge is 2.15. The van der Waals surface area contributed by atoms with Crippen LogP contribution in [0.3, 0.4) is 0 Å². The van der Waals surface area contributed by atoms with Crippen molar-refractivity contribution in [2.45, 2.75) is 0 Å². The average molecular weight is 345 g/mol. The van der Waals surface area contributed by atoms with Gasteiger partial charge in [0, 0.05) is 17.0 Å². The summed E-state index contributed by atoms with van der Waals surface area (Å²) in [5, 5.41) is 3.70. The van der Waals surface area contributed by atoms with E-state index in [1.807, 2.05) is 0 Å². The van der Waals surface area contributed by atoms with Crippen molar-refractivity contribution in [2.75, 3.05) is 12.4 Å². The molecular formula is C20H15N3O3. The third-order valence-electron chi connectivity index (χ3n) is 4.20. The zero-order chi connectivity index (χ0) is 18.1. The molecule has 0 saturated heterocycles. The fourth-order valence-corrected chi connectivity index (χ4v) is 2.98. The minimum atomic E-state index is -0.348. The van der Waals surface area contributed by atoms with Crippen LogP contribution in [0.2, 0.25) is 0 Å². The van der Waals surface area contributed by atoms with E-state index in [0.29, 0.717) is 38.9 Å². The second-order valence-electron chi connectivity index (χ2n) is 5.73. The molecule has 26 heavy (non-hydrogen) atoms. The predicted molar refractivity (Wildman–Crippen MR) is 101 cm³/mol. The van der Waals surface area contributed by atoms with Gasteiger partial charge in [-0.1, -0.05) is 18.2 Å². The Bertz CT molecular complexity index is 1180. The second-order valence-corrected chi connectivity index (χ2v) is 5.73. The Labute approximate surface area is 148 Å². The molecule has 0 spiro atoms. The lowest BCUT2D eigenvalue weighted by molar-refractivity contribution is 0.102. The molecule has 0 bridgehead atoms. The number of amides is 1. The van der Waals surface area contributed by atoms with Crippen molar-refractivity contribution in [3.63, 3.8) is 0 Å². The van der Waals surface area contributed by atoms with Gasteiger partial charge >= 0.3 is 0 Å². The fraction of sp³-hybridized carbons (Fsp3) is 0.0500. The van der Waals surface area contributed by atoms with Crippen LogP contribution in [0.4, 0.5) is 5.82 Å². The van der Waals surface area contributed by atoms with Crippen molar-refractivity contribution in [1.82, 2.24) is 9.97 Å². The maximum Gasteiger partial charge on any atom is 0.258 e. The van der Waals surface area contributed by atoms with Crippen molar-refractivity contribution in [1.29, 1.82) is 0 Å². The van der Waals surface area contributed by atoms with Gasteiger partial charge in [0.25, 0.3) is 5.91 Å². The van der Waals surface area contributed by atoms with Crippen molar-refractivity contribution in [2.24, 2.45) is 0 Å². The topological polar surface area (TPSA) is 84.1 Å². The minimum absolute atomic E-state index is 0.153. The summed E-state index contributed by atoms with van der Waals surface area (Å²) in [4.78, 5) is 32.9. The predicted octanol–water partition coefficient (Wildman–Crippen LogP) is 3.34. The van der Waals surface area contributed by atoms with Gasteiger partial charge in [0.2, 0.25) is 0 Å². The number of ether oxygens (including phenoxy) is 1. The number of fused-ring (bicyclic) bond motifs is 2. The molecule has 128 valence electrons. The Kier molecular flexibility index (Phi) is 3.85. The number of carbonyl (C=O) groups excluding carboxylic acids is 1. The highest BCUT2D eigenvalue weighted by atomic mass is 16.5. The Hall–Kier alpha value is -3.67. The molecule has 6 heteroatoms. The first-order chi connectivity index (χ1) is 12.7. The summed E-state index contributed by atoms with van der Waals surface area (Å²) in [5.41, 5.74) is 1.23. The number of hydrogen-bond acceptors (Lipinski definition) is 4. The number of H-pyrrole nitrogens is 1. The molecule has 2 aromatic heterocycles. The normalized spacial score (nSPS) is 10.8. The number of nitrogens with one attached hydrogen (secondary N) is 2. The molecule has 4 rings (SSSR count). The van der Waals surface area contributed by atoms with E-state index in [-0.39, 0.29) is 11.3 Å². The zero-order valence-corrected chi connectivity index (χ0v) is 13.9. The number of benzene rings is 2. The molecular weight excluding hydrogens is 330 g/mol. The highest BCUT2D eigenvalue weighted by molar-refractivity contribution is 6.13. The number of para-hydroxylation sites is 2. The van der Waals surface area contributed by atoms with Crippen LogP contribution < -0.4 is 15.5 Å². The summed E-state index contributed by atoms with van der Waals surface area (Å²) in [5.74, 6) is 0.635. The number of carbonyl (C=O) groups is 1. The molecule has 4 aromatic rings. The van der Waals surface area contributed by atoms with Crippen LogP contribution in [0.5, 0.6) is 5.75 Å². The zero-order valence-electron chi connectivity index (χ0n) is 13.9. The molecule has 2 aromatic carbocycles. The molecule has 0 aliphatic heterocycles. The van der Waals surface area contributed by atoms with E-state index >= 15 is 0 Å². The summed E-state index contributed by atoms with van der Waals surface area (Å²) in [6.07, 6.45) is 1.60. The minimum Gasteiger partial charge on any atom is -0.495 e. The maximum absolute atomic E-state index is 12.9. The first-order valence-electron chi connectivity index (χ1n) is 8.03. The van der Waals surface area contributed by atoms with Crippen LogP contribution in [0.25, 0.3) is 21.8 Å². The van der Waals surface area contributed by atoms with Gasteiger partial charge in [0.1, 0.15) is 11.6 Å². The van der Waals surface area contributed by atoms with Gasteiger partial charge in [0.15, 0.2) is 5.43 Å². The molecule has 2 heterocycles. The van der Waals surface area contributed by atoms with Crippen LogP contribution in [-0.2, 0) is 0 Å². The number of methoxy groups -OCH3 is 1. The lowest BCUT2D eigenvalue weighted by atomic mass is 10.1. The van der Waals surface area contributed by atoms with Crippen LogP contribution in [0.15, 0.2) is 65.6 Å². The van der Waals surface area contributed by atoms with Gasteiger partial charge in [-0.05, 0) is 36.4 Å². The number of nitrogens with zero attached hydrogens (tertiary/aromatic N) is 1. The number of hydrogen-bond donors (Lipinski definition) is 2. The lowest BCUT2D eigenvalue weighted by Crippen LogP contribution is -2.15. The monoisotopic (exact) mass is 345 g/mol. The Morgan fingerprint density at radius 1 is 1.00 bits per heavy atom. The molecule has 6 nitrogen and oxygen atoms in total. The van der Waals surface area contributed by atoms with Crippen LogP contribution in [0, 0.1) is 0 Å². The van der Waals surface area contributed by atoms with Crippen molar-refractivity contribution in [3.05, 3.63) is 76.6 Å². The van der Waals surface area contributed by atoms with Gasteiger partial charge in [-0.3, -0.25) is 9.59 Å². The Balaban J connectivity index is 1.93. The van der Waals surface area contributed by atoms with E-state index < -0.39 is 0 Å². The summed E-state index contributed by atoms with van der Waals surface area (Å²) >= 11 is 0. The third-order valence-corrected chi connectivity index (χ3v) is 4.20. The molecule has 0 atom stereocenters. The molecule has 0 aliphatic carbocycles. The summed E-state index contributed by atoms with van der Waals surface area (Å²) < 4.78 is 5.35. The second kappa shape index (κ2) is 6.33. The fourth-order valence-electron chi connectivity index (χ4n) is 2.98. The van der Waals surface area contributed by atoms with Crippen molar-refractivity contribution >= 4 is 33.5 Å². The molecule has 0 radical (unpaired) electrons. The largest absolute Gasteiger partial charge is 0.495 e. The standard InChI is InChI=1S/C20H15N3O3/c1-26-15-9-5-7-13-18(15)23-17-12(19(13)24)6-4-8-14(17)20(25)22-16-10-2-3-11-21-16/h2-11H,1H3,(H,23,24)(H,21,22,25). The van der Waals surface area contributed by atoms with E-state index in [0.717, 1.165) is 0 Å². The quantitative estimate of drug-likeness (QED) is 0.558. The highest BCUT2D eigenvalue weighted by Crippen LogP contribution is 2.25. The summed E-state index contributed by atoms with van der Waals surface area (Å²) in [6, 6.07) is 15.6. The Morgan fingerprint density at radius 2 is 1.77 bits per heavy atom. The molecule has 2 N–H and O–H groups in total. The third kappa shape index (κ3) is 2.57. The van der Waals surface area contributed by atoms with E-state index in [2.05, 4.69) is 15.3 Å². The molecule has 0 aliphatic rings. The molecule has 0 unspecified atom stereocenters. The van der Waals surface area contributed by atoms with Gasteiger partial charge < -0.3 is 15.0 Å². The number of pyridine rings is 2. The van der Waals surface area contributed by atoms with Crippen LogP contribution in [-0.4, -0.2) is 23.0 Å². The number of anilines is 1. The maximum atomic E-state index is 12.9. The van der Waals surface area contributed by atoms with E-state index in [1.54, 1.807) is 60.8 Å². The molecule has 0 fully saturated rings. The van der Waals surface area contributed by atoms with Gasteiger partial charge in [0.05, 0.1) is 23.7 Å². The lowest BCUT2D eigenvalue weighted by Gasteiger charge is -2.10. The SMILES string of the molecule is COc1cccc2c(=O)c3cccc(C(=O)Nc4ccccn4)c3[nH]c12. The van der Waals surface area contributed by atoms with Gasteiger partial charge in [-0.25, -0.2) is 4.98 Å². The first-order valence-corrected chi connectivity index (χ1v) is 8.03. The summed E-state index contributed by atoms with van der Waals surface area (Å²) in [6.45, 7) is 0.